The van der Waals surface area contributed by atoms with E-state index in [0.29, 0.717) is 5.92 Å². The molecule has 19 heavy (non-hydrogen) atoms. The van der Waals surface area contributed by atoms with Gasteiger partial charge < -0.3 is 0 Å². The Balaban J connectivity index is 1.85. The fourth-order valence-electron chi connectivity index (χ4n) is 4.21. The van der Waals surface area contributed by atoms with Crippen molar-refractivity contribution in [1.82, 2.24) is 0 Å². The SMILES string of the molecule is CC1C2CC(c3ccc(S(=O)(=O)O)cc3)C(C2)C1C. The number of hydrogen-bond donors (Lipinski definition) is 1. The van der Waals surface area contributed by atoms with Crippen LogP contribution in [0.5, 0.6) is 0 Å². The number of hydrogen-bond acceptors (Lipinski definition) is 2. The highest BCUT2D eigenvalue weighted by atomic mass is 32.2. The minimum absolute atomic E-state index is 0.0131. The van der Waals surface area contributed by atoms with Gasteiger partial charge in [-0.15, -0.1) is 0 Å². The van der Waals surface area contributed by atoms with Crippen molar-refractivity contribution >= 4 is 10.1 Å². The van der Waals surface area contributed by atoms with Crippen molar-refractivity contribution in [3.05, 3.63) is 29.8 Å². The van der Waals surface area contributed by atoms with E-state index in [0.717, 1.165) is 23.7 Å². The molecule has 3 rings (SSSR count). The van der Waals surface area contributed by atoms with Crippen LogP contribution in [-0.2, 0) is 10.1 Å². The second kappa shape index (κ2) is 4.32. The van der Waals surface area contributed by atoms with Gasteiger partial charge >= 0.3 is 0 Å². The Labute approximate surface area is 114 Å². The van der Waals surface area contributed by atoms with Crippen LogP contribution in [-0.4, -0.2) is 13.0 Å². The zero-order chi connectivity index (χ0) is 13.8. The van der Waals surface area contributed by atoms with Crippen molar-refractivity contribution in [1.29, 1.82) is 0 Å². The Morgan fingerprint density at radius 1 is 1.05 bits per heavy atom. The van der Waals surface area contributed by atoms with E-state index in [-0.39, 0.29) is 4.90 Å². The second-order valence-corrected chi connectivity index (χ2v) is 7.69. The molecule has 1 aromatic rings. The fraction of sp³-hybridized carbons (Fsp3) is 0.600. The molecular weight excluding hydrogens is 260 g/mol. The van der Waals surface area contributed by atoms with Gasteiger partial charge in [0.1, 0.15) is 0 Å². The number of fused-ring (bicyclic) bond motifs is 2. The van der Waals surface area contributed by atoms with Gasteiger partial charge in [0, 0.05) is 0 Å². The van der Waals surface area contributed by atoms with Crippen molar-refractivity contribution in [2.24, 2.45) is 23.7 Å². The van der Waals surface area contributed by atoms with E-state index in [2.05, 4.69) is 13.8 Å². The summed E-state index contributed by atoms with van der Waals surface area (Å²) in [4.78, 5) is -0.0131. The van der Waals surface area contributed by atoms with Crippen LogP contribution < -0.4 is 0 Å². The van der Waals surface area contributed by atoms with E-state index in [9.17, 15) is 8.42 Å². The lowest BCUT2D eigenvalue weighted by Crippen LogP contribution is -2.23. The largest absolute Gasteiger partial charge is 0.294 e. The molecule has 1 N–H and O–H groups in total. The molecule has 0 heterocycles. The molecule has 0 amide bonds. The van der Waals surface area contributed by atoms with Crippen LogP contribution in [0.2, 0.25) is 0 Å². The van der Waals surface area contributed by atoms with Gasteiger partial charge in [-0.25, -0.2) is 0 Å². The van der Waals surface area contributed by atoms with Crippen LogP contribution in [0.1, 0.15) is 38.2 Å². The zero-order valence-corrected chi connectivity index (χ0v) is 12.1. The van der Waals surface area contributed by atoms with Crippen LogP contribution in [0, 0.1) is 23.7 Å². The first kappa shape index (κ1) is 13.1. The van der Waals surface area contributed by atoms with E-state index < -0.39 is 10.1 Å². The minimum Gasteiger partial charge on any atom is -0.282 e. The maximum Gasteiger partial charge on any atom is 0.294 e. The molecule has 1 aromatic carbocycles. The smallest absolute Gasteiger partial charge is 0.282 e. The highest BCUT2D eigenvalue weighted by Gasteiger charge is 2.48. The van der Waals surface area contributed by atoms with Gasteiger partial charge in [0.25, 0.3) is 10.1 Å². The summed E-state index contributed by atoms with van der Waals surface area (Å²) in [6.45, 7) is 4.70. The average Bonchev–Trinajstić information content (AvgIpc) is 2.90. The predicted molar refractivity (Wildman–Crippen MR) is 73.5 cm³/mol. The average molecular weight is 280 g/mol. The molecule has 2 fully saturated rings. The molecule has 3 nitrogen and oxygen atoms in total. The maximum atomic E-state index is 11.0. The molecule has 2 aliphatic rings. The summed E-state index contributed by atoms with van der Waals surface area (Å²) < 4.78 is 31.1. The third-order valence-corrected chi connectivity index (χ3v) is 6.37. The van der Waals surface area contributed by atoms with Crippen LogP contribution >= 0.6 is 0 Å². The summed E-state index contributed by atoms with van der Waals surface area (Å²) in [5.74, 6) is 3.69. The Morgan fingerprint density at radius 3 is 2.16 bits per heavy atom. The van der Waals surface area contributed by atoms with Gasteiger partial charge in [-0.2, -0.15) is 8.42 Å². The van der Waals surface area contributed by atoms with E-state index in [1.54, 1.807) is 0 Å². The Kier molecular flexibility index (Phi) is 2.98. The summed E-state index contributed by atoms with van der Waals surface area (Å²) in [5.41, 5.74) is 1.22. The third kappa shape index (κ3) is 2.11. The molecule has 104 valence electrons. The summed E-state index contributed by atoms with van der Waals surface area (Å²) in [6, 6.07) is 6.77. The predicted octanol–water partition coefficient (Wildman–Crippen LogP) is 3.33. The van der Waals surface area contributed by atoms with Crippen LogP contribution in [0.15, 0.2) is 29.2 Å². The molecule has 2 saturated carbocycles. The van der Waals surface area contributed by atoms with Crippen molar-refractivity contribution in [2.45, 2.75) is 37.5 Å². The molecule has 4 heteroatoms. The monoisotopic (exact) mass is 280 g/mol. The third-order valence-electron chi connectivity index (χ3n) is 5.50. The highest BCUT2D eigenvalue weighted by Crippen LogP contribution is 2.58. The Hall–Kier alpha value is -0.870. The molecule has 5 unspecified atom stereocenters. The second-order valence-electron chi connectivity index (χ2n) is 6.26. The molecule has 2 bridgehead atoms. The van der Waals surface area contributed by atoms with Crippen LogP contribution in [0.4, 0.5) is 0 Å². The summed E-state index contributed by atoms with van der Waals surface area (Å²) in [5, 5.41) is 0. The zero-order valence-electron chi connectivity index (χ0n) is 11.3. The highest BCUT2D eigenvalue weighted by molar-refractivity contribution is 7.85. The molecule has 0 aliphatic heterocycles. The first-order valence-corrected chi connectivity index (χ1v) is 8.39. The molecule has 2 aliphatic carbocycles. The van der Waals surface area contributed by atoms with E-state index >= 15 is 0 Å². The minimum atomic E-state index is -4.07. The van der Waals surface area contributed by atoms with Gasteiger partial charge in [-0.3, -0.25) is 4.55 Å². The van der Waals surface area contributed by atoms with Gasteiger partial charge in [0.2, 0.25) is 0 Å². The summed E-state index contributed by atoms with van der Waals surface area (Å²) >= 11 is 0. The van der Waals surface area contributed by atoms with Gasteiger partial charge in [0.05, 0.1) is 4.90 Å². The normalized spacial score (nSPS) is 37.7. The standard InChI is InChI=1S/C15H20O3S/c1-9-10(2)14-7-12(9)8-15(14)11-3-5-13(6-4-11)19(16,17)18/h3-6,9-10,12,14-15H,7-8H2,1-2H3,(H,16,17,18). The van der Waals surface area contributed by atoms with Crippen molar-refractivity contribution in [2.75, 3.05) is 0 Å². The lowest BCUT2D eigenvalue weighted by atomic mass is 9.73. The molecule has 0 aromatic heterocycles. The quantitative estimate of drug-likeness (QED) is 0.845. The Morgan fingerprint density at radius 2 is 1.68 bits per heavy atom. The van der Waals surface area contributed by atoms with Gasteiger partial charge in [0.15, 0.2) is 0 Å². The first-order chi connectivity index (χ1) is 8.88. The molecule has 5 atom stereocenters. The lowest BCUT2D eigenvalue weighted by Gasteiger charge is -2.32. The first-order valence-electron chi connectivity index (χ1n) is 6.95. The van der Waals surface area contributed by atoms with Crippen LogP contribution in [0.25, 0.3) is 0 Å². The molecule has 0 saturated heterocycles. The van der Waals surface area contributed by atoms with Gasteiger partial charge in [-0.1, -0.05) is 26.0 Å². The van der Waals surface area contributed by atoms with Crippen molar-refractivity contribution in [3.63, 3.8) is 0 Å². The maximum absolute atomic E-state index is 11.0. The topological polar surface area (TPSA) is 54.4 Å². The number of rotatable bonds is 2. The molecule has 0 radical (unpaired) electrons. The Bertz CT molecular complexity index is 574. The molecule has 0 spiro atoms. The van der Waals surface area contributed by atoms with Crippen LogP contribution in [0.3, 0.4) is 0 Å². The van der Waals surface area contributed by atoms with Crippen molar-refractivity contribution in [3.8, 4) is 0 Å². The van der Waals surface area contributed by atoms with E-state index in [1.165, 1.54) is 30.5 Å². The van der Waals surface area contributed by atoms with E-state index in [1.807, 2.05) is 12.1 Å². The summed E-state index contributed by atoms with van der Waals surface area (Å²) in [6.07, 6.45) is 2.54. The summed E-state index contributed by atoms with van der Waals surface area (Å²) in [7, 11) is -4.07. The molecular formula is C15H20O3S. The van der Waals surface area contributed by atoms with E-state index in [4.69, 9.17) is 4.55 Å². The van der Waals surface area contributed by atoms with Crippen molar-refractivity contribution < 1.29 is 13.0 Å². The number of benzene rings is 1. The fourth-order valence-corrected chi connectivity index (χ4v) is 4.69. The lowest BCUT2D eigenvalue weighted by molar-refractivity contribution is 0.232. The van der Waals surface area contributed by atoms with Gasteiger partial charge in [-0.05, 0) is 60.1 Å².